The third-order valence-electron chi connectivity index (χ3n) is 0.495. The molecule has 9 heavy (non-hydrogen) atoms. The van der Waals surface area contributed by atoms with Crippen LogP contribution in [0.5, 0.6) is 0 Å². The van der Waals surface area contributed by atoms with Crippen LogP contribution in [0.2, 0.25) is 0 Å². The first-order valence-electron chi connectivity index (χ1n) is 2.98. The molecule has 0 unspecified atom stereocenters. The van der Waals surface area contributed by atoms with E-state index in [0.29, 0.717) is 4.75 Å². The van der Waals surface area contributed by atoms with Crippen molar-refractivity contribution in [1.29, 1.82) is 0 Å². The highest BCUT2D eigenvalue weighted by Crippen LogP contribution is 2.34. The van der Waals surface area contributed by atoms with Crippen molar-refractivity contribution in [2.45, 2.75) is 25.5 Å². The molecule has 0 spiro atoms. The first-order chi connectivity index (χ1) is 4.06. The first-order valence-corrected chi connectivity index (χ1v) is 5.29. The van der Waals surface area contributed by atoms with Crippen LogP contribution in [0, 0.1) is 0 Å². The topological polar surface area (TPSA) is 0 Å². The van der Waals surface area contributed by atoms with Gasteiger partial charge in [0.05, 0.1) is 0 Å². The smallest absolute Gasteiger partial charge is 0.0215 e. The fourth-order valence-electron chi connectivity index (χ4n) is 0.259. The van der Waals surface area contributed by atoms with E-state index in [9.17, 15) is 0 Å². The standard InChI is InChI=1S/C7H14S2/c1-5-6-8-9-7(2,3)4/h5H,1,6H2,2-4H3. The SMILES string of the molecule is C=CCSSC(C)(C)C. The predicted molar refractivity (Wildman–Crippen MR) is 50.0 cm³/mol. The molecule has 0 saturated carbocycles. The summed E-state index contributed by atoms with van der Waals surface area (Å²) in [5.74, 6) is 1.04. The third-order valence-corrected chi connectivity index (χ3v) is 3.75. The fourth-order valence-corrected chi connectivity index (χ4v) is 2.33. The molecular weight excluding hydrogens is 148 g/mol. The summed E-state index contributed by atoms with van der Waals surface area (Å²) in [6.07, 6.45) is 1.93. The van der Waals surface area contributed by atoms with E-state index in [1.807, 2.05) is 27.7 Å². The summed E-state index contributed by atoms with van der Waals surface area (Å²) in [4.78, 5) is 0. The van der Waals surface area contributed by atoms with Crippen LogP contribution in [0.15, 0.2) is 12.7 Å². The van der Waals surface area contributed by atoms with Crippen molar-refractivity contribution in [2.24, 2.45) is 0 Å². The van der Waals surface area contributed by atoms with Gasteiger partial charge in [-0.3, -0.25) is 0 Å². The first kappa shape index (κ1) is 9.44. The Labute approximate surface area is 65.9 Å². The Bertz CT molecular complexity index is 81.4. The van der Waals surface area contributed by atoms with E-state index in [2.05, 4.69) is 27.4 Å². The monoisotopic (exact) mass is 162 g/mol. The molecular formula is C7H14S2. The highest BCUT2D eigenvalue weighted by molar-refractivity contribution is 8.77. The summed E-state index contributed by atoms with van der Waals surface area (Å²) < 4.78 is 0.383. The minimum absolute atomic E-state index is 0.383. The Hall–Kier alpha value is 0.440. The van der Waals surface area contributed by atoms with E-state index in [0.717, 1.165) is 5.75 Å². The Morgan fingerprint density at radius 1 is 1.44 bits per heavy atom. The molecule has 0 bridgehead atoms. The molecule has 0 amide bonds. The highest BCUT2D eigenvalue weighted by Gasteiger charge is 2.09. The molecule has 0 N–H and O–H groups in total. The van der Waals surface area contributed by atoms with Gasteiger partial charge >= 0.3 is 0 Å². The van der Waals surface area contributed by atoms with Crippen molar-refractivity contribution < 1.29 is 0 Å². The Morgan fingerprint density at radius 3 is 2.33 bits per heavy atom. The maximum Gasteiger partial charge on any atom is 0.0215 e. The molecule has 0 aliphatic heterocycles. The van der Waals surface area contributed by atoms with Crippen LogP contribution >= 0.6 is 21.6 Å². The van der Waals surface area contributed by atoms with Gasteiger partial charge in [-0.15, -0.1) is 6.58 Å². The second kappa shape index (κ2) is 4.29. The number of hydrogen-bond donors (Lipinski definition) is 0. The van der Waals surface area contributed by atoms with Crippen LogP contribution in [0.25, 0.3) is 0 Å². The van der Waals surface area contributed by atoms with Crippen molar-refractivity contribution >= 4 is 21.6 Å². The number of rotatable bonds is 3. The Morgan fingerprint density at radius 2 is 2.00 bits per heavy atom. The van der Waals surface area contributed by atoms with Crippen molar-refractivity contribution in [2.75, 3.05) is 5.75 Å². The molecule has 0 fully saturated rings. The summed E-state index contributed by atoms with van der Waals surface area (Å²) in [5, 5.41) is 0. The fraction of sp³-hybridized carbons (Fsp3) is 0.714. The Balaban J connectivity index is 3.17. The predicted octanol–water partition coefficient (Wildman–Crippen LogP) is 3.35. The average molecular weight is 162 g/mol. The largest absolute Gasteiger partial charge is 0.102 e. The van der Waals surface area contributed by atoms with Crippen LogP contribution in [0.1, 0.15) is 20.8 Å². The summed E-state index contributed by atoms with van der Waals surface area (Å²) in [6, 6.07) is 0. The molecule has 0 nitrogen and oxygen atoms in total. The molecule has 0 aromatic carbocycles. The molecule has 2 heteroatoms. The van der Waals surface area contributed by atoms with E-state index in [4.69, 9.17) is 0 Å². The average Bonchev–Trinajstić information content (AvgIpc) is 1.63. The van der Waals surface area contributed by atoms with E-state index in [-0.39, 0.29) is 0 Å². The minimum atomic E-state index is 0.383. The lowest BCUT2D eigenvalue weighted by Gasteiger charge is -2.15. The summed E-state index contributed by atoms with van der Waals surface area (Å²) in [5.41, 5.74) is 0. The zero-order chi connectivity index (χ0) is 7.33. The van der Waals surface area contributed by atoms with Crippen molar-refractivity contribution in [3.8, 4) is 0 Å². The lowest BCUT2D eigenvalue weighted by atomic mass is 10.3. The lowest BCUT2D eigenvalue weighted by molar-refractivity contribution is 0.810. The summed E-state index contributed by atoms with van der Waals surface area (Å²) >= 11 is 0. The quantitative estimate of drug-likeness (QED) is 0.354. The minimum Gasteiger partial charge on any atom is -0.102 e. The van der Waals surface area contributed by atoms with Crippen molar-refractivity contribution in [3.05, 3.63) is 12.7 Å². The molecule has 0 aliphatic rings. The van der Waals surface area contributed by atoms with Gasteiger partial charge in [0.1, 0.15) is 0 Å². The molecule has 0 rings (SSSR count). The third kappa shape index (κ3) is 8.44. The second-order valence-corrected chi connectivity index (χ2v) is 5.94. The van der Waals surface area contributed by atoms with Gasteiger partial charge in [0, 0.05) is 10.5 Å². The molecule has 54 valence electrons. The van der Waals surface area contributed by atoms with E-state index in [1.165, 1.54) is 0 Å². The molecule has 0 aromatic heterocycles. The number of hydrogen-bond acceptors (Lipinski definition) is 2. The summed E-state index contributed by atoms with van der Waals surface area (Å²) in [6.45, 7) is 10.3. The van der Waals surface area contributed by atoms with Crippen molar-refractivity contribution in [1.82, 2.24) is 0 Å². The molecule has 0 radical (unpaired) electrons. The Kier molecular flexibility index (Phi) is 4.50. The van der Waals surface area contributed by atoms with E-state index < -0.39 is 0 Å². The van der Waals surface area contributed by atoms with Gasteiger partial charge in [-0.05, 0) is 0 Å². The van der Waals surface area contributed by atoms with Crippen LogP contribution < -0.4 is 0 Å². The van der Waals surface area contributed by atoms with E-state index in [1.54, 1.807) is 0 Å². The molecule has 0 atom stereocenters. The zero-order valence-electron chi connectivity index (χ0n) is 6.31. The zero-order valence-corrected chi connectivity index (χ0v) is 7.94. The maximum atomic E-state index is 3.65. The van der Waals surface area contributed by atoms with Crippen LogP contribution in [-0.4, -0.2) is 10.5 Å². The van der Waals surface area contributed by atoms with Gasteiger partial charge in [0.2, 0.25) is 0 Å². The van der Waals surface area contributed by atoms with Crippen LogP contribution in [0.3, 0.4) is 0 Å². The summed E-state index contributed by atoms with van der Waals surface area (Å²) in [7, 11) is 3.76. The van der Waals surface area contributed by atoms with Gasteiger partial charge in [0.15, 0.2) is 0 Å². The van der Waals surface area contributed by atoms with E-state index >= 15 is 0 Å². The van der Waals surface area contributed by atoms with Gasteiger partial charge in [0.25, 0.3) is 0 Å². The molecule has 0 aliphatic carbocycles. The van der Waals surface area contributed by atoms with Gasteiger partial charge in [-0.2, -0.15) is 0 Å². The normalized spacial score (nSPS) is 11.4. The molecule has 0 aromatic rings. The highest BCUT2D eigenvalue weighted by atomic mass is 33.1. The van der Waals surface area contributed by atoms with Gasteiger partial charge in [-0.25, -0.2) is 0 Å². The van der Waals surface area contributed by atoms with Crippen LogP contribution in [0.4, 0.5) is 0 Å². The van der Waals surface area contributed by atoms with Crippen molar-refractivity contribution in [3.63, 3.8) is 0 Å². The lowest BCUT2D eigenvalue weighted by Crippen LogP contribution is -2.04. The molecule has 0 heterocycles. The van der Waals surface area contributed by atoms with Crippen LogP contribution in [-0.2, 0) is 0 Å². The maximum absolute atomic E-state index is 3.65. The van der Waals surface area contributed by atoms with Gasteiger partial charge < -0.3 is 0 Å². The van der Waals surface area contributed by atoms with Gasteiger partial charge in [-0.1, -0.05) is 48.4 Å². The second-order valence-electron chi connectivity index (χ2n) is 2.77. The molecule has 0 saturated heterocycles.